The zero-order valence-corrected chi connectivity index (χ0v) is 19.5. The number of amides is 2. The quantitative estimate of drug-likeness (QED) is 0.616. The summed E-state index contributed by atoms with van der Waals surface area (Å²) in [6, 6.07) is 18.0. The topological polar surface area (TPSA) is 54.3 Å². The predicted octanol–water partition coefficient (Wildman–Crippen LogP) is 4.69. The van der Waals surface area contributed by atoms with Crippen molar-refractivity contribution in [1.29, 1.82) is 0 Å². The molecule has 0 saturated heterocycles. The van der Waals surface area contributed by atoms with E-state index in [1.807, 2.05) is 62.5 Å². The van der Waals surface area contributed by atoms with Gasteiger partial charge in [0.15, 0.2) is 0 Å². The average Bonchev–Trinajstić information content (AvgIpc) is 3.01. The zero-order chi connectivity index (χ0) is 22.9. The Labute approximate surface area is 190 Å². The van der Waals surface area contributed by atoms with Gasteiger partial charge in [-0.05, 0) is 43.7 Å². The van der Waals surface area contributed by atoms with Crippen molar-refractivity contribution in [2.75, 3.05) is 6.54 Å². The number of aryl methyl sites for hydroxylation is 1. The first-order chi connectivity index (χ1) is 15.3. The summed E-state index contributed by atoms with van der Waals surface area (Å²) in [6.07, 6.45) is 2.17. The summed E-state index contributed by atoms with van der Waals surface area (Å²) in [4.78, 5) is 29.4. The van der Waals surface area contributed by atoms with E-state index in [1.54, 1.807) is 4.90 Å². The lowest BCUT2D eigenvalue weighted by atomic mass is 9.91. The molecule has 168 valence electrons. The van der Waals surface area contributed by atoms with E-state index >= 15 is 0 Å². The molecular weight excluding hydrogens is 398 g/mol. The van der Waals surface area contributed by atoms with Gasteiger partial charge >= 0.3 is 0 Å². The maximum absolute atomic E-state index is 14.1. The number of carbonyl (C=O) groups is 2. The number of nitrogens with one attached hydrogen (secondary N) is 1. The van der Waals surface area contributed by atoms with E-state index in [4.69, 9.17) is 0 Å². The molecule has 5 nitrogen and oxygen atoms in total. The van der Waals surface area contributed by atoms with Crippen molar-refractivity contribution in [2.24, 2.45) is 13.0 Å². The number of aromatic nitrogens is 1. The third-order valence-corrected chi connectivity index (χ3v) is 6.81. The van der Waals surface area contributed by atoms with Crippen LogP contribution < -0.4 is 5.32 Å². The summed E-state index contributed by atoms with van der Waals surface area (Å²) in [5.41, 5.74) is 2.89. The molecule has 0 saturated carbocycles. The maximum Gasteiger partial charge on any atom is 0.257 e. The van der Waals surface area contributed by atoms with Gasteiger partial charge in [-0.15, -0.1) is 0 Å². The average molecular weight is 432 g/mol. The third kappa shape index (κ3) is 3.92. The monoisotopic (exact) mass is 431 g/mol. The van der Waals surface area contributed by atoms with Crippen molar-refractivity contribution < 1.29 is 9.59 Å². The molecule has 32 heavy (non-hydrogen) atoms. The molecule has 5 heteroatoms. The first-order valence-electron chi connectivity index (χ1n) is 11.5. The predicted molar refractivity (Wildman–Crippen MR) is 128 cm³/mol. The second-order valence-electron chi connectivity index (χ2n) is 9.49. The van der Waals surface area contributed by atoms with Crippen LogP contribution in [0.5, 0.6) is 0 Å². The maximum atomic E-state index is 14.1. The highest BCUT2D eigenvalue weighted by atomic mass is 16.2. The molecule has 1 aliphatic rings. The van der Waals surface area contributed by atoms with Gasteiger partial charge in [-0.25, -0.2) is 0 Å². The van der Waals surface area contributed by atoms with Crippen molar-refractivity contribution >= 4 is 22.7 Å². The molecular formula is C27H33N3O2. The number of carbonyl (C=O) groups excluding carboxylic acids is 2. The standard InChI is InChI=1S/C27H33N3O2/c1-19(2)15-17-28-26(32)27(3)16-14-23-24(21-12-8-9-13-22(21)29(23)4)25(31)30(27)18-20-10-6-5-7-11-20/h5-13,19H,14-18H2,1-4H3,(H,28,32). The van der Waals surface area contributed by atoms with E-state index in [9.17, 15) is 9.59 Å². The van der Waals surface area contributed by atoms with E-state index < -0.39 is 5.54 Å². The van der Waals surface area contributed by atoms with Crippen LogP contribution >= 0.6 is 0 Å². The molecule has 1 aromatic heterocycles. The minimum atomic E-state index is -0.927. The number of hydrogen-bond donors (Lipinski definition) is 1. The first kappa shape index (κ1) is 22.1. The highest BCUT2D eigenvalue weighted by Crippen LogP contribution is 2.36. The first-order valence-corrected chi connectivity index (χ1v) is 11.5. The SMILES string of the molecule is CC(C)CCNC(=O)C1(C)CCc2c(c3ccccc3n2C)C(=O)N1Cc1ccccc1. The van der Waals surface area contributed by atoms with Crippen LogP contribution in [0.4, 0.5) is 0 Å². The van der Waals surface area contributed by atoms with Gasteiger partial charge in [0, 0.05) is 36.7 Å². The van der Waals surface area contributed by atoms with Gasteiger partial charge in [0.2, 0.25) is 5.91 Å². The normalized spacial score (nSPS) is 18.7. The molecule has 1 N–H and O–H groups in total. The Hall–Kier alpha value is -3.08. The number of nitrogens with zero attached hydrogens (tertiary/aromatic N) is 2. The summed E-state index contributed by atoms with van der Waals surface area (Å²) in [5, 5.41) is 4.08. The number of hydrogen-bond acceptors (Lipinski definition) is 2. The largest absolute Gasteiger partial charge is 0.354 e. The molecule has 2 aromatic carbocycles. The molecule has 2 heterocycles. The lowest BCUT2D eigenvalue weighted by Crippen LogP contribution is -2.58. The zero-order valence-electron chi connectivity index (χ0n) is 19.5. The molecule has 0 fully saturated rings. The van der Waals surface area contributed by atoms with Gasteiger partial charge in [0.05, 0.1) is 5.56 Å². The summed E-state index contributed by atoms with van der Waals surface area (Å²) in [7, 11) is 2.02. The van der Waals surface area contributed by atoms with Crippen LogP contribution in [0.2, 0.25) is 0 Å². The molecule has 0 spiro atoms. The van der Waals surface area contributed by atoms with Crippen LogP contribution in [0, 0.1) is 5.92 Å². The fourth-order valence-corrected chi connectivity index (χ4v) is 4.75. The number of fused-ring (bicyclic) bond motifs is 3. The van der Waals surface area contributed by atoms with Crippen molar-refractivity contribution in [3.05, 3.63) is 71.4 Å². The summed E-state index contributed by atoms with van der Waals surface area (Å²) in [6.45, 7) is 7.23. The summed E-state index contributed by atoms with van der Waals surface area (Å²) < 4.78 is 2.12. The summed E-state index contributed by atoms with van der Waals surface area (Å²) >= 11 is 0. The molecule has 1 aliphatic heterocycles. The Balaban J connectivity index is 1.77. The van der Waals surface area contributed by atoms with Crippen LogP contribution in [0.3, 0.4) is 0 Å². The summed E-state index contributed by atoms with van der Waals surface area (Å²) in [5.74, 6) is 0.370. The highest BCUT2D eigenvalue weighted by Gasteiger charge is 2.45. The minimum Gasteiger partial charge on any atom is -0.354 e. The Kier molecular flexibility index (Phi) is 6.09. The Morgan fingerprint density at radius 2 is 1.78 bits per heavy atom. The van der Waals surface area contributed by atoms with Crippen LogP contribution in [0.1, 0.15) is 55.2 Å². The van der Waals surface area contributed by atoms with Crippen LogP contribution in [0.25, 0.3) is 10.9 Å². The molecule has 1 atom stereocenters. The van der Waals surface area contributed by atoms with Crippen molar-refractivity contribution in [3.8, 4) is 0 Å². The third-order valence-electron chi connectivity index (χ3n) is 6.81. The Morgan fingerprint density at radius 1 is 1.09 bits per heavy atom. The van der Waals surface area contributed by atoms with Gasteiger partial charge in [-0.3, -0.25) is 9.59 Å². The molecule has 0 radical (unpaired) electrons. The molecule has 0 bridgehead atoms. The molecule has 4 rings (SSSR count). The highest BCUT2D eigenvalue weighted by molar-refractivity contribution is 6.10. The molecule has 1 unspecified atom stereocenters. The smallest absolute Gasteiger partial charge is 0.257 e. The van der Waals surface area contributed by atoms with E-state index in [1.165, 1.54) is 0 Å². The fraction of sp³-hybridized carbons (Fsp3) is 0.407. The van der Waals surface area contributed by atoms with Crippen molar-refractivity contribution in [1.82, 2.24) is 14.8 Å². The number of benzene rings is 2. The Morgan fingerprint density at radius 3 is 2.50 bits per heavy atom. The van der Waals surface area contributed by atoms with Gasteiger partial charge in [-0.1, -0.05) is 62.4 Å². The van der Waals surface area contributed by atoms with Crippen LogP contribution in [-0.4, -0.2) is 33.4 Å². The minimum absolute atomic E-state index is 0.0698. The van der Waals surface area contributed by atoms with E-state index in [0.717, 1.165) is 34.1 Å². The van der Waals surface area contributed by atoms with Crippen LogP contribution in [-0.2, 0) is 24.8 Å². The van der Waals surface area contributed by atoms with Crippen LogP contribution in [0.15, 0.2) is 54.6 Å². The van der Waals surface area contributed by atoms with Gasteiger partial charge in [0.25, 0.3) is 5.91 Å². The van der Waals surface area contributed by atoms with E-state index in [0.29, 0.717) is 31.8 Å². The van der Waals surface area contributed by atoms with E-state index in [-0.39, 0.29) is 11.8 Å². The van der Waals surface area contributed by atoms with Gasteiger partial charge in [-0.2, -0.15) is 0 Å². The van der Waals surface area contributed by atoms with Crippen molar-refractivity contribution in [3.63, 3.8) is 0 Å². The Bertz CT molecular complexity index is 1130. The fourth-order valence-electron chi connectivity index (χ4n) is 4.75. The number of rotatable bonds is 6. The van der Waals surface area contributed by atoms with E-state index in [2.05, 4.69) is 29.8 Å². The molecule has 0 aliphatic carbocycles. The number of para-hydroxylation sites is 1. The molecule has 2 amide bonds. The van der Waals surface area contributed by atoms with Gasteiger partial charge < -0.3 is 14.8 Å². The lowest BCUT2D eigenvalue weighted by Gasteiger charge is -2.39. The second kappa shape index (κ2) is 8.81. The molecule has 3 aromatic rings. The van der Waals surface area contributed by atoms with Crippen molar-refractivity contribution in [2.45, 2.75) is 52.1 Å². The second-order valence-corrected chi connectivity index (χ2v) is 9.49. The van der Waals surface area contributed by atoms with Gasteiger partial charge in [0.1, 0.15) is 5.54 Å². The lowest BCUT2D eigenvalue weighted by molar-refractivity contribution is -0.132.